The van der Waals surface area contributed by atoms with Gasteiger partial charge in [-0.2, -0.15) is 10.5 Å². The van der Waals surface area contributed by atoms with Crippen LogP contribution in [0.3, 0.4) is 0 Å². The van der Waals surface area contributed by atoms with E-state index in [1.54, 1.807) is 18.2 Å². The molecule has 0 aliphatic rings. The van der Waals surface area contributed by atoms with Crippen molar-refractivity contribution in [3.05, 3.63) is 64.2 Å². The van der Waals surface area contributed by atoms with Gasteiger partial charge in [-0.15, -0.1) is 0 Å². The highest BCUT2D eigenvalue weighted by molar-refractivity contribution is 6.31. The number of hydrogen-bond donors (Lipinski definition) is 1. The molecular weight excluding hydrogens is 308 g/mol. The first-order chi connectivity index (χ1) is 11.1. The van der Waals surface area contributed by atoms with Crippen LogP contribution in [-0.4, -0.2) is 25.5 Å². The Morgan fingerprint density at radius 3 is 2.17 bits per heavy atom. The molecule has 1 atom stereocenters. The van der Waals surface area contributed by atoms with Gasteiger partial charge >= 0.3 is 0 Å². The zero-order chi connectivity index (χ0) is 16.8. The smallest absolute Gasteiger partial charge is 0.101 e. The fourth-order valence-electron chi connectivity index (χ4n) is 2.44. The minimum atomic E-state index is 0.0157. The molecule has 0 aliphatic heterocycles. The number of nitriles is 2. The van der Waals surface area contributed by atoms with Gasteiger partial charge in [-0.25, -0.2) is 0 Å². The van der Waals surface area contributed by atoms with Gasteiger partial charge in [-0.3, -0.25) is 0 Å². The Kier molecular flexibility index (Phi) is 5.60. The zero-order valence-electron chi connectivity index (χ0n) is 13.0. The third kappa shape index (κ3) is 3.81. The Balaban J connectivity index is 2.30. The predicted molar refractivity (Wildman–Crippen MR) is 92.2 cm³/mol. The van der Waals surface area contributed by atoms with Gasteiger partial charge in [0.05, 0.1) is 22.9 Å². The van der Waals surface area contributed by atoms with Crippen molar-refractivity contribution >= 4 is 17.3 Å². The number of likely N-dealkylation sites (N-methyl/N-ethyl adjacent to an activating group) is 1. The lowest BCUT2D eigenvalue weighted by atomic mass is 10.0. The summed E-state index contributed by atoms with van der Waals surface area (Å²) >= 11 is 6.30. The van der Waals surface area contributed by atoms with E-state index in [0.29, 0.717) is 28.4 Å². The molecular formula is C18H17ClN4. The van der Waals surface area contributed by atoms with Crippen LogP contribution < -0.4 is 5.32 Å². The number of rotatable bonds is 5. The number of nitrogens with zero attached hydrogens (tertiary/aromatic N) is 3. The number of anilines is 1. The van der Waals surface area contributed by atoms with E-state index < -0.39 is 0 Å². The van der Waals surface area contributed by atoms with Crippen LogP contribution in [0, 0.1) is 22.7 Å². The molecule has 0 spiro atoms. The molecule has 1 N–H and O–H groups in total. The number of para-hydroxylation sites is 1. The maximum atomic E-state index is 9.24. The molecule has 2 aromatic carbocycles. The van der Waals surface area contributed by atoms with E-state index in [4.69, 9.17) is 11.6 Å². The summed E-state index contributed by atoms with van der Waals surface area (Å²) in [6.07, 6.45) is 0. The third-order valence-electron chi connectivity index (χ3n) is 3.67. The molecule has 0 bridgehead atoms. The van der Waals surface area contributed by atoms with E-state index in [1.807, 2.05) is 38.4 Å². The van der Waals surface area contributed by atoms with Crippen molar-refractivity contribution in [2.24, 2.45) is 0 Å². The lowest BCUT2D eigenvalue weighted by Crippen LogP contribution is -2.27. The van der Waals surface area contributed by atoms with Crippen LogP contribution in [0.4, 0.5) is 5.69 Å². The summed E-state index contributed by atoms with van der Waals surface area (Å²) in [6.45, 7) is 0.532. The summed E-state index contributed by atoms with van der Waals surface area (Å²) in [4.78, 5) is 2.05. The van der Waals surface area contributed by atoms with Crippen LogP contribution in [0.1, 0.15) is 22.7 Å². The van der Waals surface area contributed by atoms with Crippen molar-refractivity contribution in [2.45, 2.75) is 6.04 Å². The summed E-state index contributed by atoms with van der Waals surface area (Å²) in [6, 6.07) is 17.0. The first kappa shape index (κ1) is 16.8. The van der Waals surface area contributed by atoms with E-state index in [0.717, 1.165) is 5.56 Å². The van der Waals surface area contributed by atoms with Gasteiger partial charge in [0.1, 0.15) is 12.1 Å². The fourth-order valence-corrected chi connectivity index (χ4v) is 2.71. The SMILES string of the molecule is CN(C)C(CNc1c(C#N)cccc1C#N)c1ccccc1Cl. The molecule has 0 aromatic heterocycles. The first-order valence-corrected chi connectivity index (χ1v) is 7.54. The van der Waals surface area contributed by atoms with Gasteiger partial charge in [-0.05, 0) is 37.9 Å². The fraction of sp³-hybridized carbons (Fsp3) is 0.222. The van der Waals surface area contributed by atoms with Crippen molar-refractivity contribution in [3.63, 3.8) is 0 Å². The molecule has 23 heavy (non-hydrogen) atoms. The molecule has 0 saturated heterocycles. The Morgan fingerprint density at radius 1 is 1.04 bits per heavy atom. The van der Waals surface area contributed by atoms with Crippen LogP contribution in [0.2, 0.25) is 5.02 Å². The summed E-state index contributed by atoms with van der Waals surface area (Å²) in [5.41, 5.74) is 2.48. The van der Waals surface area contributed by atoms with Crippen molar-refractivity contribution in [3.8, 4) is 12.1 Å². The Hall–Kier alpha value is -2.53. The first-order valence-electron chi connectivity index (χ1n) is 7.16. The van der Waals surface area contributed by atoms with Gasteiger partial charge in [0.2, 0.25) is 0 Å². The van der Waals surface area contributed by atoms with Crippen LogP contribution in [-0.2, 0) is 0 Å². The summed E-state index contributed by atoms with van der Waals surface area (Å²) < 4.78 is 0. The molecule has 0 heterocycles. The molecule has 0 aliphatic carbocycles. The Labute approximate surface area is 141 Å². The molecule has 0 radical (unpaired) electrons. The predicted octanol–water partition coefficient (Wildman–Crippen LogP) is 3.80. The molecule has 1 unspecified atom stereocenters. The van der Waals surface area contributed by atoms with Crippen LogP contribution in [0.5, 0.6) is 0 Å². The van der Waals surface area contributed by atoms with Crippen molar-refractivity contribution in [2.75, 3.05) is 26.0 Å². The van der Waals surface area contributed by atoms with Gasteiger partial charge < -0.3 is 10.2 Å². The summed E-state index contributed by atoms with van der Waals surface area (Å²) in [5.74, 6) is 0. The molecule has 116 valence electrons. The normalized spacial score (nSPS) is 11.6. The lowest BCUT2D eigenvalue weighted by Gasteiger charge is -2.26. The second-order valence-corrected chi connectivity index (χ2v) is 5.74. The van der Waals surface area contributed by atoms with Crippen molar-refractivity contribution in [1.29, 1.82) is 10.5 Å². The molecule has 4 nitrogen and oxygen atoms in total. The van der Waals surface area contributed by atoms with Gasteiger partial charge in [0.15, 0.2) is 0 Å². The monoisotopic (exact) mass is 324 g/mol. The Bertz CT molecular complexity index is 739. The summed E-state index contributed by atoms with van der Waals surface area (Å²) in [7, 11) is 3.94. The lowest BCUT2D eigenvalue weighted by molar-refractivity contribution is 0.312. The number of nitrogens with one attached hydrogen (secondary N) is 1. The highest BCUT2D eigenvalue weighted by Gasteiger charge is 2.18. The molecule has 2 aromatic rings. The van der Waals surface area contributed by atoms with Crippen molar-refractivity contribution in [1.82, 2.24) is 4.90 Å². The van der Waals surface area contributed by atoms with E-state index in [1.165, 1.54) is 0 Å². The van der Waals surface area contributed by atoms with Gasteiger partial charge in [0, 0.05) is 11.6 Å². The van der Waals surface area contributed by atoms with E-state index in [9.17, 15) is 10.5 Å². The quantitative estimate of drug-likeness (QED) is 0.908. The number of halogens is 1. The van der Waals surface area contributed by atoms with E-state index in [-0.39, 0.29) is 6.04 Å². The van der Waals surface area contributed by atoms with Crippen LogP contribution in [0.15, 0.2) is 42.5 Å². The van der Waals surface area contributed by atoms with Gasteiger partial charge in [-0.1, -0.05) is 35.9 Å². The molecule has 0 fully saturated rings. The molecule has 0 saturated carbocycles. The molecule has 0 amide bonds. The van der Waals surface area contributed by atoms with Gasteiger partial charge in [0.25, 0.3) is 0 Å². The molecule has 5 heteroatoms. The number of benzene rings is 2. The topological polar surface area (TPSA) is 62.9 Å². The molecule has 2 rings (SSSR count). The minimum Gasteiger partial charge on any atom is -0.381 e. The number of hydrogen-bond acceptors (Lipinski definition) is 4. The van der Waals surface area contributed by atoms with Crippen LogP contribution in [0.25, 0.3) is 0 Å². The summed E-state index contributed by atoms with van der Waals surface area (Å²) in [5, 5.41) is 22.4. The zero-order valence-corrected chi connectivity index (χ0v) is 13.8. The Morgan fingerprint density at radius 2 is 1.65 bits per heavy atom. The maximum Gasteiger partial charge on any atom is 0.101 e. The van der Waals surface area contributed by atoms with Crippen molar-refractivity contribution < 1.29 is 0 Å². The van der Waals surface area contributed by atoms with E-state index in [2.05, 4.69) is 22.4 Å². The maximum absolute atomic E-state index is 9.24. The van der Waals surface area contributed by atoms with Crippen LogP contribution >= 0.6 is 11.6 Å². The van der Waals surface area contributed by atoms with E-state index >= 15 is 0 Å². The largest absolute Gasteiger partial charge is 0.381 e. The average molecular weight is 325 g/mol. The highest BCUT2D eigenvalue weighted by atomic mass is 35.5. The second kappa shape index (κ2) is 7.65. The second-order valence-electron chi connectivity index (χ2n) is 5.33. The minimum absolute atomic E-state index is 0.0157. The third-order valence-corrected chi connectivity index (χ3v) is 4.01. The standard InChI is InChI=1S/C18H17ClN4/c1-23(2)17(15-8-3-4-9-16(15)19)12-22-18-13(10-20)6-5-7-14(18)11-21/h3-9,17,22H,12H2,1-2H3. The average Bonchev–Trinajstić information content (AvgIpc) is 2.56. The highest BCUT2D eigenvalue weighted by Crippen LogP contribution is 2.27.